The zero-order chi connectivity index (χ0) is 10.8. The van der Waals surface area contributed by atoms with Gasteiger partial charge in [0.05, 0.1) is 12.3 Å². The van der Waals surface area contributed by atoms with E-state index >= 15 is 0 Å². The Kier molecular flexibility index (Phi) is 2.17. The monoisotopic (exact) mass is 207 g/mol. The summed E-state index contributed by atoms with van der Waals surface area (Å²) >= 11 is 0. The van der Waals surface area contributed by atoms with Crippen molar-refractivity contribution in [1.29, 1.82) is 0 Å². The minimum absolute atomic E-state index is 0.0972. The van der Waals surface area contributed by atoms with Crippen molar-refractivity contribution < 1.29 is 9.50 Å². The van der Waals surface area contributed by atoms with Gasteiger partial charge in [-0.1, -0.05) is 0 Å². The van der Waals surface area contributed by atoms with Gasteiger partial charge in [0.15, 0.2) is 5.82 Å². The lowest BCUT2D eigenvalue weighted by molar-refractivity contribution is 0.452. The molecule has 15 heavy (non-hydrogen) atoms. The fraction of sp³-hybridized carbons (Fsp3) is 0. The van der Waals surface area contributed by atoms with Gasteiger partial charge < -0.3 is 10.1 Å². The fourth-order valence-electron chi connectivity index (χ4n) is 1.08. The second kappa shape index (κ2) is 3.49. The van der Waals surface area contributed by atoms with E-state index in [1.54, 1.807) is 0 Å². The summed E-state index contributed by atoms with van der Waals surface area (Å²) in [5.74, 6) is -0.791. The lowest BCUT2D eigenvalue weighted by atomic mass is 10.3. The molecule has 0 aromatic carbocycles. The van der Waals surface area contributed by atoms with Crippen LogP contribution in [-0.2, 0) is 0 Å². The van der Waals surface area contributed by atoms with E-state index in [2.05, 4.69) is 15.0 Å². The Hall–Kier alpha value is -2.24. The van der Waals surface area contributed by atoms with Gasteiger partial charge in [0.25, 0.3) is 5.56 Å². The second-order valence-electron chi connectivity index (χ2n) is 2.81. The van der Waals surface area contributed by atoms with Gasteiger partial charge in [-0.3, -0.25) is 4.79 Å². The molecule has 0 unspecified atom stereocenters. The van der Waals surface area contributed by atoms with Gasteiger partial charge in [-0.05, 0) is 12.1 Å². The Bertz CT molecular complexity index is 536. The highest BCUT2D eigenvalue weighted by Crippen LogP contribution is 2.12. The highest BCUT2D eigenvalue weighted by atomic mass is 19.1. The Balaban J connectivity index is 2.54. The van der Waals surface area contributed by atoms with Crippen molar-refractivity contribution in [1.82, 2.24) is 15.0 Å². The van der Waals surface area contributed by atoms with E-state index in [-0.39, 0.29) is 11.5 Å². The summed E-state index contributed by atoms with van der Waals surface area (Å²) < 4.78 is 12.6. The number of hydrogen-bond donors (Lipinski definition) is 2. The van der Waals surface area contributed by atoms with Crippen LogP contribution in [0.4, 0.5) is 4.39 Å². The van der Waals surface area contributed by atoms with Crippen LogP contribution in [-0.4, -0.2) is 20.1 Å². The van der Waals surface area contributed by atoms with Crippen LogP contribution in [0, 0.1) is 5.82 Å². The number of aromatic nitrogens is 3. The molecule has 0 amide bonds. The van der Waals surface area contributed by atoms with Gasteiger partial charge in [0.2, 0.25) is 5.88 Å². The van der Waals surface area contributed by atoms with Crippen molar-refractivity contribution in [3.63, 3.8) is 0 Å². The van der Waals surface area contributed by atoms with E-state index in [0.717, 1.165) is 12.3 Å². The number of halogens is 1. The molecule has 2 N–H and O–H groups in total. The summed E-state index contributed by atoms with van der Waals surface area (Å²) in [7, 11) is 0. The molecule has 0 spiro atoms. The molecule has 2 heterocycles. The smallest absolute Gasteiger partial charge is 0.255 e. The van der Waals surface area contributed by atoms with Crippen LogP contribution < -0.4 is 5.56 Å². The molecule has 2 rings (SSSR count). The van der Waals surface area contributed by atoms with Gasteiger partial charge in [-0.15, -0.1) is 0 Å². The zero-order valence-corrected chi connectivity index (χ0v) is 7.44. The van der Waals surface area contributed by atoms with Crippen LogP contribution >= 0.6 is 0 Å². The van der Waals surface area contributed by atoms with Crippen molar-refractivity contribution in [2.24, 2.45) is 0 Å². The zero-order valence-electron chi connectivity index (χ0n) is 7.44. The third kappa shape index (κ3) is 1.98. The molecule has 0 bridgehead atoms. The highest BCUT2D eigenvalue weighted by Gasteiger charge is 2.04. The van der Waals surface area contributed by atoms with Crippen LogP contribution in [0.15, 0.2) is 29.2 Å². The van der Waals surface area contributed by atoms with Gasteiger partial charge in [0.1, 0.15) is 11.5 Å². The number of nitrogens with one attached hydrogen (secondary N) is 1. The largest absolute Gasteiger partial charge is 0.493 e. The van der Waals surface area contributed by atoms with Gasteiger partial charge in [0, 0.05) is 0 Å². The molecule has 0 radical (unpaired) electrons. The third-order valence-corrected chi connectivity index (χ3v) is 1.70. The molecular formula is C9H6FN3O2. The first-order valence-corrected chi connectivity index (χ1v) is 4.07. The van der Waals surface area contributed by atoms with E-state index in [1.165, 1.54) is 12.1 Å². The van der Waals surface area contributed by atoms with Crippen molar-refractivity contribution in [3.05, 3.63) is 40.6 Å². The first-order valence-electron chi connectivity index (χ1n) is 4.07. The van der Waals surface area contributed by atoms with Gasteiger partial charge in [-0.25, -0.2) is 9.37 Å². The molecule has 6 heteroatoms. The summed E-state index contributed by atoms with van der Waals surface area (Å²) in [6.07, 6.45) is 0.999. The summed E-state index contributed by atoms with van der Waals surface area (Å²) in [5.41, 5.74) is -0.215. The number of rotatable bonds is 1. The number of pyridine rings is 1. The first kappa shape index (κ1) is 9.32. The number of nitrogens with zero attached hydrogens (tertiary/aromatic N) is 2. The number of aromatic amines is 1. The Morgan fingerprint density at radius 3 is 2.80 bits per heavy atom. The van der Waals surface area contributed by atoms with E-state index in [1.807, 2.05) is 0 Å². The normalized spacial score (nSPS) is 10.2. The van der Waals surface area contributed by atoms with E-state index in [9.17, 15) is 9.18 Å². The topological polar surface area (TPSA) is 78.9 Å². The molecule has 5 nitrogen and oxygen atoms in total. The van der Waals surface area contributed by atoms with Crippen molar-refractivity contribution in [2.45, 2.75) is 0 Å². The summed E-state index contributed by atoms with van der Waals surface area (Å²) in [4.78, 5) is 20.7. The number of aromatic hydroxyl groups is 1. The molecule has 0 saturated carbocycles. The number of H-pyrrole nitrogens is 1. The van der Waals surface area contributed by atoms with Crippen LogP contribution in [0.5, 0.6) is 5.88 Å². The molecule has 76 valence electrons. The van der Waals surface area contributed by atoms with Gasteiger partial charge >= 0.3 is 0 Å². The highest BCUT2D eigenvalue weighted by molar-refractivity contribution is 5.48. The van der Waals surface area contributed by atoms with Crippen LogP contribution in [0.1, 0.15) is 0 Å². The molecule has 2 aromatic rings. The van der Waals surface area contributed by atoms with E-state index < -0.39 is 17.3 Å². The Labute approximate surface area is 83.3 Å². The third-order valence-electron chi connectivity index (χ3n) is 1.70. The van der Waals surface area contributed by atoms with Crippen molar-refractivity contribution >= 4 is 0 Å². The predicted molar refractivity (Wildman–Crippen MR) is 49.7 cm³/mol. The summed E-state index contributed by atoms with van der Waals surface area (Å²) in [6.45, 7) is 0. The lowest BCUT2D eigenvalue weighted by Crippen LogP contribution is -2.07. The maximum absolute atomic E-state index is 12.6. The summed E-state index contributed by atoms with van der Waals surface area (Å²) in [6, 6.07) is 3.48. The van der Waals surface area contributed by atoms with Crippen LogP contribution in [0.3, 0.4) is 0 Å². The first-order chi connectivity index (χ1) is 7.15. The minimum atomic E-state index is -0.497. The van der Waals surface area contributed by atoms with Crippen molar-refractivity contribution in [2.75, 3.05) is 0 Å². The molecule has 0 saturated heterocycles. The Morgan fingerprint density at radius 2 is 2.20 bits per heavy atom. The standard InChI is InChI=1S/C9H6FN3O2/c10-5-1-2-6(11-4-5)9-12-7(14)3-8(15)13-9/h1-4H,(H2,12,13,14,15). The van der Waals surface area contributed by atoms with Crippen LogP contribution in [0.25, 0.3) is 11.5 Å². The maximum Gasteiger partial charge on any atom is 0.255 e. The molecule has 2 aromatic heterocycles. The van der Waals surface area contributed by atoms with E-state index in [0.29, 0.717) is 0 Å². The SMILES string of the molecule is O=c1cc(O)nc(-c2ccc(F)cn2)[nH]1. The molecule has 0 aliphatic heterocycles. The molecular weight excluding hydrogens is 201 g/mol. The van der Waals surface area contributed by atoms with Gasteiger partial charge in [-0.2, -0.15) is 4.98 Å². The van der Waals surface area contributed by atoms with E-state index in [4.69, 9.17) is 5.11 Å². The molecule has 0 aliphatic rings. The minimum Gasteiger partial charge on any atom is -0.493 e. The average molecular weight is 207 g/mol. The maximum atomic E-state index is 12.6. The fourth-order valence-corrected chi connectivity index (χ4v) is 1.08. The predicted octanol–water partition coefficient (Wildman–Crippen LogP) is 0.677. The Morgan fingerprint density at radius 1 is 1.40 bits per heavy atom. The van der Waals surface area contributed by atoms with Crippen LogP contribution in [0.2, 0.25) is 0 Å². The lowest BCUT2D eigenvalue weighted by Gasteiger charge is -1.99. The molecule has 0 atom stereocenters. The molecule has 0 fully saturated rings. The average Bonchev–Trinajstić information content (AvgIpc) is 2.17. The second-order valence-corrected chi connectivity index (χ2v) is 2.81. The number of hydrogen-bond acceptors (Lipinski definition) is 4. The molecule has 0 aliphatic carbocycles. The summed E-state index contributed by atoms with van der Waals surface area (Å²) in [5, 5.41) is 9.08. The quantitative estimate of drug-likeness (QED) is 0.720. The van der Waals surface area contributed by atoms with Crippen molar-refractivity contribution in [3.8, 4) is 17.4 Å².